The number of hydrogen-bond donors (Lipinski definition) is 1. The molecule has 1 fully saturated rings. The monoisotopic (exact) mass is 574 g/mol. The van der Waals surface area contributed by atoms with Crippen molar-refractivity contribution >= 4 is 44.8 Å². The van der Waals surface area contributed by atoms with Crippen molar-refractivity contribution in [2.75, 3.05) is 45.2 Å². The van der Waals surface area contributed by atoms with E-state index in [1.54, 1.807) is 24.3 Å². The van der Waals surface area contributed by atoms with Crippen LogP contribution in [-0.2, 0) is 14.8 Å². The summed E-state index contributed by atoms with van der Waals surface area (Å²) < 4.78 is 23.1. The van der Waals surface area contributed by atoms with Crippen molar-refractivity contribution in [3.05, 3.63) is 82.3 Å². The van der Waals surface area contributed by atoms with Crippen molar-refractivity contribution < 1.29 is 13.2 Å². The van der Waals surface area contributed by atoms with Gasteiger partial charge in [-0.3, -0.25) is 4.79 Å². The lowest BCUT2D eigenvalue weighted by atomic mass is 9.99. The van der Waals surface area contributed by atoms with E-state index in [0.717, 1.165) is 54.9 Å². The van der Waals surface area contributed by atoms with E-state index in [1.807, 2.05) is 54.2 Å². The largest absolute Gasteiger partial charge is 0.365 e. The molecule has 0 radical (unpaired) electrons. The molecule has 38 heavy (non-hydrogen) atoms. The Bertz CT molecular complexity index is 1380. The van der Waals surface area contributed by atoms with E-state index >= 15 is 0 Å². The molecule has 0 aromatic heterocycles. The fraction of sp³-hybridized carbons (Fsp3) is 0.321. The van der Waals surface area contributed by atoms with Gasteiger partial charge in [-0.15, -0.1) is 0 Å². The first kappa shape index (κ1) is 28.4. The van der Waals surface area contributed by atoms with Crippen molar-refractivity contribution in [3.63, 3.8) is 0 Å². The number of amides is 1. The SMILES string of the molecule is CN(CC(=O)N(C)C(CN1CCCC1)c1ccc(-c2ccc(S(N)(=O)=O)cc2)cc1)c1ccc(Cl)c(Cl)c1. The van der Waals surface area contributed by atoms with Gasteiger partial charge in [-0.25, -0.2) is 13.6 Å². The first-order valence-corrected chi connectivity index (χ1v) is 14.7. The molecular formula is C28H32Cl2N4O3S. The van der Waals surface area contributed by atoms with Crippen LogP contribution in [0.2, 0.25) is 10.0 Å². The summed E-state index contributed by atoms with van der Waals surface area (Å²) >= 11 is 12.2. The van der Waals surface area contributed by atoms with Crippen molar-refractivity contribution in [2.45, 2.75) is 23.8 Å². The molecule has 4 rings (SSSR count). The third-order valence-corrected chi connectivity index (χ3v) is 8.69. The van der Waals surface area contributed by atoms with E-state index in [0.29, 0.717) is 10.0 Å². The molecule has 10 heteroatoms. The van der Waals surface area contributed by atoms with Gasteiger partial charge in [0.15, 0.2) is 0 Å². The van der Waals surface area contributed by atoms with E-state index in [4.69, 9.17) is 28.3 Å². The van der Waals surface area contributed by atoms with E-state index in [1.165, 1.54) is 12.1 Å². The second-order valence-corrected chi connectivity index (χ2v) is 12.0. The van der Waals surface area contributed by atoms with Crippen LogP contribution in [0.15, 0.2) is 71.6 Å². The maximum atomic E-state index is 13.4. The van der Waals surface area contributed by atoms with Crippen LogP contribution in [0.5, 0.6) is 0 Å². The highest BCUT2D eigenvalue weighted by atomic mass is 35.5. The number of nitrogens with zero attached hydrogens (tertiary/aromatic N) is 3. The molecule has 3 aromatic carbocycles. The molecule has 0 spiro atoms. The molecule has 1 aliphatic rings. The van der Waals surface area contributed by atoms with Crippen LogP contribution < -0.4 is 10.0 Å². The summed E-state index contributed by atoms with van der Waals surface area (Å²) in [5.74, 6) is -0.00886. The topological polar surface area (TPSA) is 86.9 Å². The maximum absolute atomic E-state index is 13.4. The summed E-state index contributed by atoms with van der Waals surface area (Å²) in [5.41, 5.74) is 3.68. The van der Waals surface area contributed by atoms with Crippen LogP contribution in [0.1, 0.15) is 24.4 Å². The standard InChI is InChI=1S/C28H32Cl2N4O3S/c1-32(23-11-14-25(29)26(30)17-23)19-28(35)33(2)27(18-34-15-3-4-16-34)22-7-5-20(6-8-22)21-9-12-24(13-10-21)38(31,36)37/h5-14,17,27H,3-4,15-16,18-19H2,1-2H3,(H2,31,36,37). The Morgan fingerprint density at radius 3 is 2.05 bits per heavy atom. The third-order valence-electron chi connectivity index (χ3n) is 7.02. The van der Waals surface area contributed by atoms with Crippen LogP contribution in [0.4, 0.5) is 5.69 Å². The lowest BCUT2D eigenvalue weighted by molar-refractivity contribution is -0.131. The fourth-order valence-electron chi connectivity index (χ4n) is 4.70. The second kappa shape index (κ2) is 12.1. The average molecular weight is 576 g/mol. The smallest absolute Gasteiger partial charge is 0.242 e. The molecule has 0 aliphatic carbocycles. The second-order valence-electron chi connectivity index (χ2n) is 9.67. The van der Waals surface area contributed by atoms with Crippen molar-refractivity contribution in [1.29, 1.82) is 0 Å². The molecule has 0 bridgehead atoms. The Morgan fingerprint density at radius 2 is 1.50 bits per heavy atom. The van der Waals surface area contributed by atoms with Crippen LogP contribution in [0.25, 0.3) is 11.1 Å². The fourth-order valence-corrected chi connectivity index (χ4v) is 5.51. The van der Waals surface area contributed by atoms with Gasteiger partial charge >= 0.3 is 0 Å². The summed E-state index contributed by atoms with van der Waals surface area (Å²) in [6, 6.07) is 19.8. The highest BCUT2D eigenvalue weighted by molar-refractivity contribution is 7.89. The van der Waals surface area contributed by atoms with Gasteiger partial charge in [0.1, 0.15) is 0 Å². The predicted molar refractivity (Wildman–Crippen MR) is 154 cm³/mol. The van der Waals surface area contributed by atoms with Crippen LogP contribution >= 0.6 is 23.2 Å². The molecule has 7 nitrogen and oxygen atoms in total. The number of primary sulfonamides is 1. The molecule has 1 amide bonds. The van der Waals surface area contributed by atoms with Gasteiger partial charge in [0.05, 0.1) is 27.5 Å². The van der Waals surface area contributed by atoms with Crippen molar-refractivity contribution in [2.24, 2.45) is 5.14 Å². The van der Waals surface area contributed by atoms with E-state index < -0.39 is 10.0 Å². The number of carbonyl (C=O) groups is 1. The first-order chi connectivity index (χ1) is 18.0. The van der Waals surface area contributed by atoms with Crippen LogP contribution in [0, 0.1) is 0 Å². The summed E-state index contributed by atoms with van der Waals surface area (Å²) in [6.07, 6.45) is 2.33. The number of rotatable bonds is 9. The number of sulfonamides is 1. The highest BCUT2D eigenvalue weighted by Gasteiger charge is 2.26. The van der Waals surface area contributed by atoms with Gasteiger partial charge in [0.2, 0.25) is 15.9 Å². The van der Waals surface area contributed by atoms with Gasteiger partial charge < -0.3 is 14.7 Å². The van der Waals surface area contributed by atoms with Gasteiger partial charge in [-0.05, 0) is 73.0 Å². The Kier molecular flexibility index (Phi) is 9.00. The number of benzene rings is 3. The molecule has 1 heterocycles. The highest BCUT2D eigenvalue weighted by Crippen LogP contribution is 2.29. The third kappa shape index (κ3) is 6.87. The summed E-state index contributed by atoms with van der Waals surface area (Å²) in [6.45, 7) is 2.99. The lowest BCUT2D eigenvalue weighted by Crippen LogP contribution is -2.42. The Hall–Kier alpha value is -2.62. The number of likely N-dealkylation sites (tertiary alicyclic amines) is 1. The zero-order valence-corrected chi connectivity index (χ0v) is 23.8. The van der Waals surface area contributed by atoms with Gasteiger partial charge in [-0.1, -0.05) is 59.6 Å². The maximum Gasteiger partial charge on any atom is 0.242 e. The van der Waals surface area contributed by atoms with Crippen molar-refractivity contribution in [1.82, 2.24) is 9.80 Å². The van der Waals surface area contributed by atoms with E-state index in [-0.39, 0.29) is 23.4 Å². The van der Waals surface area contributed by atoms with Gasteiger partial charge in [0, 0.05) is 26.3 Å². The Balaban J connectivity index is 1.53. The zero-order chi connectivity index (χ0) is 27.4. The molecule has 1 unspecified atom stereocenters. The number of anilines is 1. The normalized spacial score (nSPS) is 14.9. The molecule has 0 saturated carbocycles. The summed E-state index contributed by atoms with van der Waals surface area (Å²) in [7, 11) is -0.0269. The minimum atomic E-state index is -3.74. The lowest BCUT2D eigenvalue weighted by Gasteiger charge is -2.33. The van der Waals surface area contributed by atoms with Gasteiger partial charge in [-0.2, -0.15) is 0 Å². The quantitative estimate of drug-likeness (QED) is 0.387. The Morgan fingerprint density at radius 1 is 0.921 bits per heavy atom. The van der Waals surface area contributed by atoms with Crippen LogP contribution in [-0.4, -0.2) is 64.4 Å². The van der Waals surface area contributed by atoms with E-state index in [9.17, 15) is 13.2 Å². The molecule has 3 aromatic rings. The Labute approximate surface area is 234 Å². The minimum absolute atomic E-state index is 0.00886. The predicted octanol–water partition coefficient (Wildman–Crippen LogP) is 5.04. The first-order valence-electron chi connectivity index (χ1n) is 12.4. The summed E-state index contributed by atoms with van der Waals surface area (Å²) in [5, 5.41) is 6.14. The number of halogens is 2. The molecular weight excluding hydrogens is 543 g/mol. The number of likely N-dealkylation sites (N-methyl/N-ethyl adjacent to an activating group) is 2. The minimum Gasteiger partial charge on any atom is -0.365 e. The molecule has 2 N–H and O–H groups in total. The molecule has 1 aliphatic heterocycles. The average Bonchev–Trinajstić information content (AvgIpc) is 3.41. The zero-order valence-electron chi connectivity index (χ0n) is 21.5. The van der Waals surface area contributed by atoms with Crippen molar-refractivity contribution in [3.8, 4) is 11.1 Å². The molecule has 1 atom stereocenters. The number of nitrogens with two attached hydrogens (primary N) is 1. The number of hydrogen-bond acceptors (Lipinski definition) is 5. The number of carbonyl (C=O) groups excluding carboxylic acids is 1. The van der Waals surface area contributed by atoms with E-state index in [2.05, 4.69) is 4.90 Å². The van der Waals surface area contributed by atoms with Crippen LogP contribution in [0.3, 0.4) is 0 Å². The van der Waals surface area contributed by atoms with Gasteiger partial charge in [0.25, 0.3) is 0 Å². The summed E-state index contributed by atoms with van der Waals surface area (Å²) in [4.78, 5) is 19.6. The molecule has 202 valence electrons. The molecule has 1 saturated heterocycles.